The molecule has 0 atom stereocenters. The summed E-state index contributed by atoms with van der Waals surface area (Å²) in [6, 6.07) is 3.89. The molecule has 0 unspecified atom stereocenters. The van der Waals surface area contributed by atoms with Crippen molar-refractivity contribution < 1.29 is 4.74 Å². The fourth-order valence-corrected chi connectivity index (χ4v) is 1.02. The van der Waals surface area contributed by atoms with Crippen LogP contribution in [-0.2, 0) is 5.54 Å². The molecule has 0 fully saturated rings. The SMILES string of the molecule is CNC(C)(C)c1ccc(OC)nc1. The van der Waals surface area contributed by atoms with Crippen LogP contribution < -0.4 is 10.1 Å². The van der Waals surface area contributed by atoms with E-state index in [-0.39, 0.29) is 5.54 Å². The van der Waals surface area contributed by atoms with E-state index in [4.69, 9.17) is 4.74 Å². The summed E-state index contributed by atoms with van der Waals surface area (Å²) in [5.41, 5.74) is 1.11. The molecule has 1 N–H and O–H groups in total. The first-order valence-electron chi connectivity index (χ1n) is 4.29. The van der Waals surface area contributed by atoms with E-state index >= 15 is 0 Å². The lowest BCUT2D eigenvalue weighted by atomic mass is 9.96. The third kappa shape index (κ3) is 2.18. The molecule has 0 amide bonds. The fraction of sp³-hybridized carbons (Fsp3) is 0.500. The zero-order valence-corrected chi connectivity index (χ0v) is 8.59. The van der Waals surface area contributed by atoms with Gasteiger partial charge in [0.25, 0.3) is 0 Å². The Kier molecular flexibility index (Phi) is 2.88. The van der Waals surface area contributed by atoms with E-state index in [2.05, 4.69) is 24.1 Å². The van der Waals surface area contributed by atoms with Crippen molar-refractivity contribution >= 4 is 0 Å². The van der Waals surface area contributed by atoms with Gasteiger partial charge >= 0.3 is 0 Å². The van der Waals surface area contributed by atoms with Crippen LogP contribution in [0.3, 0.4) is 0 Å². The molecule has 1 aromatic heterocycles. The van der Waals surface area contributed by atoms with Crippen LogP contribution in [0.15, 0.2) is 18.3 Å². The van der Waals surface area contributed by atoms with E-state index < -0.39 is 0 Å². The van der Waals surface area contributed by atoms with Crippen LogP contribution in [0.2, 0.25) is 0 Å². The van der Waals surface area contributed by atoms with Crippen molar-refractivity contribution in [2.45, 2.75) is 19.4 Å². The van der Waals surface area contributed by atoms with Crippen LogP contribution in [0.25, 0.3) is 0 Å². The molecular formula is C10H16N2O. The fourth-order valence-electron chi connectivity index (χ4n) is 1.02. The van der Waals surface area contributed by atoms with Crippen LogP contribution >= 0.6 is 0 Å². The number of ether oxygens (including phenoxy) is 1. The first kappa shape index (κ1) is 9.99. The van der Waals surface area contributed by atoms with Gasteiger partial charge in [0.1, 0.15) is 0 Å². The second-order valence-electron chi connectivity index (χ2n) is 3.46. The van der Waals surface area contributed by atoms with Crippen molar-refractivity contribution in [3.63, 3.8) is 0 Å². The highest BCUT2D eigenvalue weighted by molar-refractivity contribution is 5.23. The van der Waals surface area contributed by atoms with Crippen LogP contribution in [0.5, 0.6) is 5.88 Å². The highest BCUT2D eigenvalue weighted by atomic mass is 16.5. The number of nitrogens with one attached hydrogen (secondary N) is 1. The van der Waals surface area contributed by atoms with Crippen LogP contribution in [0.1, 0.15) is 19.4 Å². The Labute approximate surface area is 79.1 Å². The van der Waals surface area contributed by atoms with Gasteiger partial charge in [-0.3, -0.25) is 0 Å². The maximum Gasteiger partial charge on any atom is 0.212 e. The quantitative estimate of drug-likeness (QED) is 0.766. The number of rotatable bonds is 3. The standard InChI is InChI=1S/C10H16N2O/c1-10(2,11-3)8-5-6-9(13-4)12-7-8/h5-7,11H,1-4H3. The van der Waals surface area contributed by atoms with Gasteiger partial charge in [-0.05, 0) is 26.5 Å². The molecule has 0 radical (unpaired) electrons. The summed E-state index contributed by atoms with van der Waals surface area (Å²) in [7, 11) is 3.55. The zero-order valence-electron chi connectivity index (χ0n) is 8.59. The summed E-state index contributed by atoms with van der Waals surface area (Å²) in [5, 5.41) is 3.21. The van der Waals surface area contributed by atoms with Crippen molar-refractivity contribution in [3.8, 4) is 5.88 Å². The van der Waals surface area contributed by atoms with Gasteiger partial charge in [-0.15, -0.1) is 0 Å². The van der Waals surface area contributed by atoms with Crippen LogP contribution in [0.4, 0.5) is 0 Å². The lowest BCUT2D eigenvalue weighted by molar-refractivity contribution is 0.394. The predicted octanol–water partition coefficient (Wildman–Crippen LogP) is 1.54. The highest BCUT2D eigenvalue weighted by Crippen LogP contribution is 2.19. The molecule has 0 aliphatic carbocycles. The topological polar surface area (TPSA) is 34.1 Å². The molecule has 1 aromatic rings. The number of nitrogens with zero attached hydrogens (tertiary/aromatic N) is 1. The molecule has 0 saturated carbocycles. The summed E-state index contributed by atoms with van der Waals surface area (Å²) >= 11 is 0. The molecule has 0 saturated heterocycles. The molecule has 0 aliphatic rings. The number of hydrogen-bond donors (Lipinski definition) is 1. The second-order valence-corrected chi connectivity index (χ2v) is 3.46. The minimum atomic E-state index is -0.0424. The van der Waals surface area contributed by atoms with Gasteiger partial charge in [0.15, 0.2) is 0 Å². The molecule has 3 nitrogen and oxygen atoms in total. The Morgan fingerprint density at radius 1 is 1.38 bits per heavy atom. The Morgan fingerprint density at radius 3 is 2.46 bits per heavy atom. The van der Waals surface area contributed by atoms with Crippen LogP contribution in [0, 0.1) is 0 Å². The van der Waals surface area contributed by atoms with Crippen molar-refractivity contribution in [3.05, 3.63) is 23.9 Å². The lowest BCUT2D eigenvalue weighted by Crippen LogP contribution is -2.33. The molecule has 3 heteroatoms. The maximum atomic E-state index is 4.98. The normalized spacial score (nSPS) is 11.4. The van der Waals surface area contributed by atoms with Gasteiger partial charge in [-0.25, -0.2) is 4.98 Å². The van der Waals surface area contributed by atoms with E-state index in [0.717, 1.165) is 5.56 Å². The number of pyridine rings is 1. The molecule has 13 heavy (non-hydrogen) atoms. The first-order valence-corrected chi connectivity index (χ1v) is 4.29. The van der Waals surface area contributed by atoms with Crippen LogP contribution in [-0.4, -0.2) is 19.1 Å². The average Bonchev–Trinajstić information content (AvgIpc) is 2.18. The Hall–Kier alpha value is -1.09. The minimum Gasteiger partial charge on any atom is -0.481 e. The molecule has 0 spiro atoms. The van der Waals surface area contributed by atoms with E-state index in [1.54, 1.807) is 7.11 Å². The average molecular weight is 180 g/mol. The summed E-state index contributed by atoms with van der Waals surface area (Å²) in [6.07, 6.45) is 1.83. The Balaban J connectivity index is 2.92. The smallest absolute Gasteiger partial charge is 0.212 e. The number of hydrogen-bond acceptors (Lipinski definition) is 3. The van der Waals surface area contributed by atoms with Crippen molar-refractivity contribution in [2.24, 2.45) is 0 Å². The van der Waals surface area contributed by atoms with E-state index in [9.17, 15) is 0 Å². The Morgan fingerprint density at radius 2 is 2.08 bits per heavy atom. The van der Waals surface area contributed by atoms with E-state index in [1.165, 1.54) is 0 Å². The number of aromatic nitrogens is 1. The second kappa shape index (κ2) is 3.75. The molecule has 0 bridgehead atoms. The highest BCUT2D eigenvalue weighted by Gasteiger charge is 2.17. The molecular weight excluding hydrogens is 164 g/mol. The van der Waals surface area contributed by atoms with E-state index in [0.29, 0.717) is 5.88 Å². The van der Waals surface area contributed by atoms with Gasteiger partial charge in [-0.1, -0.05) is 6.07 Å². The van der Waals surface area contributed by atoms with Crippen molar-refractivity contribution in [2.75, 3.05) is 14.2 Å². The van der Waals surface area contributed by atoms with Crippen molar-refractivity contribution in [1.29, 1.82) is 0 Å². The third-order valence-electron chi connectivity index (χ3n) is 2.29. The maximum absolute atomic E-state index is 4.98. The first-order chi connectivity index (χ1) is 6.10. The van der Waals surface area contributed by atoms with Crippen molar-refractivity contribution in [1.82, 2.24) is 10.3 Å². The Bertz CT molecular complexity index is 267. The molecule has 0 aliphatic heterocycles. The third-order valence-corrected chi connectivity index (χ3v) is 2.29. The monoisotopic (exact) mass is 180 g/mol. The van der Waals surface area contributed by atoms with Gasteiger partial charge in [0.2, 0.25) is 5.88 Å². The summed E-state index contributed by atoms with van der Waals surface area (Å²) in [5.74, 6) is 0.649. The summed E-state index contributed by atoms with van der Waals surface area (Å²) in [6.45, 7) is 4.22. The summed E-state index contributed by atoms with van der Waals surface area (Å²) < 4.78 is 4.98. The van der Waals surface area contributed by atoms with Gasteiger partial charge in [0, 0.05) is 17.8 Å². The largest absolute Gasteiger partial charge is 0.481 e. The van der Waals surface area contributed by atoms with E-state index in [1.807, 2.05) is 25.4 Å². The van der Waals surface area contributed by atoms with Gasteiger partial charge in [0.05, 0.1) is 7.11 Å². The minimum absolute atomic E-state index is 0.0424. The molecule has 1 heterocycles. The molecule has 72 valence electrons. The zero-order chi connectivity index (χ0) is 9.90. The van der Waals surface area contributed by atoms with Gasteiger partial charge in [-0.2, -0.15) is 0 Å². The lowest BCUT2D eigenvalue weighted by Gasteiger charge is -2.24. The number of methoxy groups -OCH3 is 1. The molecule has 1 rings (SSSR count). The van der Waals surface area contributed by atoms with Gasteiger partial charge < -0.3 is 10.1 Å². The predicted molar refractivity (Wildman–Crippen MR) is 52.9 cm³/mol. The molecule has 0 aromatic carbocycles. The summed E-state index contributed by atoms with van der Waals surface area (Å²) in [4.78, 5) is 4.15.